The van der Waals surface area contributed by atoms with Crippen molar-refractivity contribution in [2.75, 3.05) is 5.32 Å². The van der Waals surface area contributed by atoms with Crippen molar-refractivity contribution in [3.63, 3.8) is 0 Å². The van der Waals surface area contributed by atoms with Crippen molar-refractivity contribution in [3.05, 3.63) is 67.8 Å². The number of rotatable bonds is 8. The first-order chi connectivity index (χ1) is 12.0. The van der Waals surface area contributed by atoms with Gasteiger partial charge in [0.15, 0.2) is 0 Å². The Morgan fingerprint density at radius 3 is 1.52 bits per heavy atom. The van der Waals surface area contributed by atoms with Crippen molar-refractivity contribution in [2.24, 2.45) is 0 Å². The van der Waals surface area contributed by atoms with E-state index in [4.69, 9.17) is 0 Å². The second-order valence-corrected chi connectivity index (χ2v) is 5.75. The zero-order chi connectivity index (χ0) is 18.4. The van der Waals surface area contributed by atoms with Gasteiger partial charge in [0.2, 0.25) is 0 Å². The monoisotopic (exact) mass is 343 g/mol. The minimum atomic E-state index is -0.392. The summed E-state index contributed by atoms with van der Waals surface area (Å²) in [6.45, 7) is 3.91. The van der Waals surface area contributed by atoms with Gasteiger partial charge in [0.1, 0.15) is 0 Å². The Hall–Kier alpha value is -2.96. The summed E-state index contributed by atoms with van der Waals surface area (Å²) in [5, 5.41) is 25.8. The van der Waals surface area contributed by atoms with Gasteiger partial charge < -0.3 is 5.32 Å². The third-order valence-electron chi connectivity index (χ3n) is 3.97. The van der Waals surface area contributed by atoms with Gasteiger partial charge in [-0.1, -0.05) is 38.8 Å². The molecule has 0 radical (unpaired) electrons. The topological polar surface area (TPSA) is 98.3 Å². The molecular weight excluding hydrogens is 322 g/mol. The standard InChI is InChI=1S/C18H21N3O4/c1-3-7-13-15(9-5-11-17(13)20(22)23)19-16-10-6-12-18(21(24)25)14(16)8-4-2/h5-6,9-12,19H,3-4,7-8H2,1-2H3. The Morgan fingerprint density at radius 2 is 1.20 bits per heavy atom. The molecule has 0 aliphatic heterocycles. The molecular formula is C18H21N3O4. The van der Waals surface area contributed by atoms with Crippen molar-refractivity contribution in [1.82, 2.24) is 0 Å². The van der Waals surface area contributed by atoms with E-state index in [-0.39, 0.29) is 11.4 Å². The summed E-state index contributed by atoms with van der Waals surface area (Å²) in [6.07, 6.45) is 2.63. The number of nitro groups is 2. The van der Waals surface area contributed by atoms with E-state index in [0.29, 0.717) is 35.3 Å². The number of nitro benzene ring substituents is 2. The highest BCUT2D eigenvalue weighted by atomic mass is 16.6. The van der Waals surface area contributed by atoms with Crippen molar-refractivity contribution >= 4 is 22.7 Å². The van der Waals surface area contributed by atoms with Crippen molar-refractivity contribution in [2.45, 2.75) is 39.5 Å². The van der Waals surface area contributed by atoms with Crippen molar-refractivity contribution in [3.8, 4) is 0 Å². The molecule has 0 fully saturated rings. The van der Waals surface area contributed by atoms with E-state index < -0.39 is 9.85 Å². The number of nitrogens with zero attached hydrogens (tertiary/aromatic N) is 2. The van der Waals surface area contributed by atoms with Crippen LogP contribution in [0.25, 0.3) is 0 Å². The second kappa shape index (κ2) is 8.23. The van der Waals surface area contributed by atoms with E-state index in [1.807, 2.05) is 13.8 Å². The third-order valence-corrected chi connectivity index (χ3v) is 3.97. The Labute approximate surface area is 146 Å². The third kappa shape index (κ3) is 4.12. The molecule has 132 valence electrons. The summed E-state index contributed by atoms with van der Waals surface area (Å²) in [6, 6.07) is 9.75. The number of nitrogens with one attached hydrogen (secondary N) is 1. The zero-order valence-corrected chi connectivity index (χ0v) is 14.3. The summed E-state index contributed by atoms with van der Waals surface area (Å²) in [7, 11) is 0. The van der Waals surface area contributed by atoms with Crippen LogP contribution < -0.4 is 5.32 Å². The Balaban J connectivity index is 2.53. The summed E-state index contributed by atoms with van der Waals surface area (Å²) in [4.78, 5) is 21.8. The van der Waals surface area contributed by atoms with Gasteiger partial charge in [0.05, 0.1) is 21.0 Å². The number of hydrogen-bond donors (Lipinski definition) is 1. The minimum absolute atomic E-state index is 0.0642. The van der Waals surface area contributed by atoms with Gasteiger partial charge in [-0.05, 0) is 25.0 Å². The van der Waals surface area contributed by atoms with E-state index in [9.17, 15) is 20.2 Å². The highest BCUT2D eigenvalue weighted by Gasteiger charge is 2.20. The average Bonchev–Trinajstić information content (AvgIpc) is 2.57. The van der Waals surface area contributed by atoms with E-state index in [0.717, 1.165) is 12.8 Å². The van der Waals surface area contributed by atoms with Crippen molar-refractivity contribution < 1.29 is 9.85 Å². The summed E-state index contributed by atoms with van der Waals surface area (Å²) in [5.41, 5.74) is 2.60. The molecule has 0 amide bonds. The predicted octanol–water partition coefficient (Wildman–Crippen LogP) is 5.15. The van der Waals surface area contributed by atoms with Gasteiger partial charge in [0, 0.05) is 23.5 Å². The Bertz CT molecular complexity index is 724. The molecule has 0 bridgehead atoms. The molecule has 0 unspecified atom stereocenters. The fourth-order valence-electron chi connectivity index (χ4n) is 2.90. The minimum Gasteiger partial charge on any atom is -0.355 e. The number of anilines is 2. The van der Waals surface area contributed by atoms with Crippen LogP contribution in [-0.2, 0) is 12.8 Å². The lowest BCUT2D eigenvalue weighted by molar-refractivity contribution is -0.385. The molecule has 0 spiro atoms. The maximum absolute atomic E-state index is 11.3. The first-order valence-corrected chi connectivity index (χ1v) is 8.29. The average molecular weight is 343 g/mol. The smallest absolute Gasteiger partial charge is 0.274 e. The molecule has 0 aliphatic carbocycles. The van der Waals surface area contributed by atoms with Crippen LogP contribution in [-0.4, -0.2) is 9.85 Å². The van der Waals surface area contributed by atoms with E-state index >= 15 is 0 Å². The van der Waals surface area contributed by atoms with Crippen LogP contribution in [0, 0.1) is 20.2 Å². The second-order valence-electron chi connectivity index (χ2n) is 5.75. The van der Waals surface area contributed by atoms with E-state index in [1.54, 1.807) is 24.3 Å². The van der Waals surface area contributed by atoms with Gasteiger partial charge in [-0.25, -0.2) is 0 Å². The molecule has 2 aromatic rings. The maximum Gasteiger partial charge on any atom is 0.274 e. The highest BCUT2D eigenvalue weighted by Crippen LogP contribution is 2.34. The number of benzene rings is 2. The molecule has 7 heteroatoms. The van der Waals surface area contributed by atoms with Gasteiger partial charge in [-0.3, -0.25) is 20.2 Å². The molecule has 1 N–H and O–H groups in total. The largest absolute Gasteiger partial charge is 0.355 e. The quantitative estimate of drug-likeness (QED) is 0.528. The Morgan fingerprint density at radius 1 is 0.800 bits per heavy atom. The molecule has 2 aromatic carbocycles. The fraction of sp³-hybridized carbons (Fsp3) is 0.333. The van der Waals surface area contributed by atoms with Crippen LogP contribution in [0.1, 0.15) is 37.8 Å². The SMILES string of the molecule is CCCc1c(Nc2cccc([N+](=O)[O-])c2CCC)cccc1[N+](=O)[O-]. The van der Waals surface area contributed by atoms with Crippen LogP contribution in [0.4, 0.5) is 22.7 Å². The van der Waals surface area contributed by atoms with Gasteiger partial charge in [0.25, 0.3) is 11.4 Å². The van der Waals surface area contributed by atoms with Crippen LogP contribution in [0.2, 0.25) is 0 Å². The highest BCUT2D eigenvalue weighted by molar-refractivity contribution is 5.72. The fourth-order valence-corrected chi connectivity index (χ4v) is 2.90. The van der Waals surface area contributed by atoms with Gasteiger partial charge in [-0.15, -0.1) is 0 Å². The zero-order valence-electron chi connectivity index (χ0n) is 14.3. The lowest BCUT2D eigenvalue weighted by atomic mass is 10.0. The van der Waals surface area contributed by atoms with Gasteiger partial charge >= 0.3 is 0 Å². The van der Waals surface area contributed by atoms with Crippen LogP contribution in [0.15, 0.2) is 36.4 Å². The molecule has 0 saturated carbocycles. The van der Waals surface area contributed by atoms with Crippen molar-refractivity contribution in [1.29, 1.82) is 0 Å². The lowest BCUT2D eigenvalue weighted by Gasteiger charge is -2.15. The molecule has 0 saturated heterocycles. The summed E-state index contributed by atoms with van der Waals surface area (Å²) < 4.78 is 0. The molecule has 0 aliphatic rings. The normalized spacial score (nSPS) is 10.5. The van der Waals surface area contributed by atoms with E-state index in [1.165, 1.54) is 12.1 Å². The molecule has 25 heavy (non-hydrogen) atoms. The molecule has 0 heterocycles. The van der Waals surface area contributed by atoms with Crippen LogP contribution >= 0.6 is 0 Å². The maximum atomic E-state index is 11.3. The summed E-state index contributed by atoms with van der Waals surface area (Å²) >= 11 is 0. The lowest BCUT2D eigenvalue weighted by Crippen LogP contribution is -2.04. The van der Waals surface area contributed by atoms with E-state index in [2.05, 4.69) is 5.32 Å². The molecule has 7 nitrogen and oxygen atoms in total. The predicted molar refractivity (Wildman–Crippen MR) is 97.5 cm³/mol. The van der Waals surface area contributed by atoms with Crippen LogP contribution in [0.3, 0.4) is 0 Å². The van der Waals surface area contributed by atoms with Crippen LogP contribution in [0.5, 0.6) is 0 Å². The number of hydrogen-bond acceptors (Lipinski definition) is 5. The molecule has 0 atom stereocenters. The Kier molecular flexibility index (Phi) is 6.05. The summed E-state index contributed by atoms with van der Waals surface area (Å²) in [5.74, 6) is 0. The van der Waals surface area contributed by atoms with Gasteiger partial charge in [-0.2, -0.15) is 0 Å². The molecule has 2 rings (SSSR count). The molecule has 0 aromatic heterocycles. The first kappa shape index (κ1) is 18.4. The first-order valence-electron chi connectivity index (χ1n) is 8.29.